The molecule has 4 rings (SSSR count). The largest absolute Gasteiger partial charge is 0.353 e. The maximum atomic E-state index is 12.8. The molecule has 0 aliphatic carbocycles. The molecule has 4 heterocycles. The molecule has 0 unspecified atom stereocenters. The van der Waals surface area contributed by atoms with E-state index in [2.05, 4.69) is 14.9 Å². The number of rotatable bonds is 5. The number of likely N-dealkylation sites (tertiary alicyclic amines) is 1. The number of piperidine rings is 1. The summed E-state index contributed by atoms with van der Waals surface area (Å²) in [5, 5.41) is 0. The zero-order valence-electron chi connectivity index (χ0n) is 18.2. The van der Waals surface area contributed by atoms with Crippen LogP contribution in [0.1, 0.15) is 41.7 Å². The molecule has 2 amide bonds. The number of amides is 2. The minimum absolute atomic E-state index is 0.0502. The van der Waals surface area contributed by atoms with E-state index in [1.165, 1.54) is 0 Å². The van der Waals surface area contributed by atoms with Gasteiger partial charge in [-0.2, -0.15) is 0 Å². The third-order valence-electron chi connectivity index (χ3n) is 6.34. The van der Waals surface area contributed by atoms with Gasteiger partial charge in [0.2, 0.25) is 5.91 Å². The average Bonchev–Trinajstić information content (AvgIpc) is 2.83. The van der Waals surface area contributed by atoms with Crippen molar-refractivity contribution in [3.05, 3.63) is 54.0 Å². The zero-order valence-corrected chi connectivity index (χ0v) is 18.2. The van der Waals surface area contributed by atoms with Crippen LogP contribution in [0.2, 0.25) is 0 Å². The highest BCUT2D eigenvalue weighted by Crippen LogP contribution is 2.23. The Labute approximate surface area is 184 Å². The standard InChI is InChI=1S/C24H31N5O2/c1-19-7-9-21(17-26-19)24(31)29-12-4-5-20(18-29)8-10-23(30)28-15-13-27(14-16-28)22-6-2-3-11-25-22/h2-3,6-7,9,11,17,20H,4-5,8,10,12-16,18H2,1H3/t20-/m1/s1. The molecule has 0 saturated carbocycles. The summed E-state index contributed by atoms with van der Waals surface area (Å²) in [6.07, 6.45) is 6.94. The van der Waals surface area contributed by atoms with Crippen LogP contribution in [0.4, 0.5) is 5.82 Å². The summed E-state index contributed by atoms with van der Waals surface area (Å²) in [5.41, 5.74) is 1.56. The molecule has 0 N–H and O–H groups in total. The van der Waals surface area contributed by atoms with Crippen molar-refractivity contribution in [2.45, 2.75) is 32.6 Å². The maximum Gasteiger partial charge on any atom is 0.255 e. The van der Waals surface area contributed by atoms with Crippen LogP contribution in [0, 0.1) is 12.8 Å². The van der Waals surface area contributed by atoms with Crippen molar-refractivity contribution in [3.63, 3.8) is 0 Å². The molecular weight excluding hydrogens is 390 g/mol. The lowest BCUT2D eigenvalue weighted by molar-refractivity contribution is -0.131. The van der Waals surface area contributed by atoms with Gasteiger partial charge in [0.25, 0.3) is 5.91 Å². The zero-order chi connectivity index (χ0) is 21.6. The molecule has 2 aromatic heterocycles. The Hall–Kier alpha value is -2.96. The first-order valence-corrected chi connectivity index (χ1v) is 11.3. The van der Waals surface area contributed by atoms with Crippen molar-refractivity contribution in [3.8, 4) is 0 Å². The Bertz CT molecular complexity index is 879. The first-order valence-electron chi connectivity index (χ1n) is 11.3. The van der Waals surface area contributed by atoms with Gasteiger partial charge in [0, 0.05) is 63.8 Å². The smallest absolute Gasteiger partial charge is 0.255 e. The Morgan fingerprint density at radius 3 is 2.55 bits per heavy atom. The van der Waals surface area contributed by atoms with Crippen LogP contribution in [-0.2, 0) is 4.79 Å². The van der Waals surface area contributed by atoms with E-state index in [-0.39, 0.29) is 11.8 Å². The number of nitrogens with zero attached hydrogens (tertiary/aromatic N) is 5. The first kappa shape index (κ1) is 21.3. The molecule has 0 aromatic carbocycles. The molecule has 0 spiro atoms. The van der Waals surface area contributed by atoms with E-state index in [1.54, 1.807) is 12.4 Å². The van der Waals surface area contributed by atoms with Crippen molar-refractivity contribution >= 4 is 17.6 Å². The number of hydrogen-bond donors (Lipinski definition) is 0. The van der Waals surface area contributed by atoms with Crippen LogP contribution in [0.5, 0.6) is 0 Å². The number of carbonyl (C=O) groups excluding carboxylic acids is 2. The van der Waals surface area contributed by atoms with Gasteiger partial charge in [0.05, 0.1) is 5.56 Å². The van der Waals surface area contributed by atoms with E-state index in [9.17, 15) is 9.59 Å². The Morgan fingerprint density at radius 2 is 1.84 bits per heavy atom. The lowest BCUT2D eigenvalue weighted by atomic mass is 9.92. The second-order valence-electron chi connectivity index (χ2n) is 8.54. The fraction of sp³-hybridized carbons (Fsp3) is 0.500. The first-order chi connectivity index (χ1) is 15.1. The predicted octanol–water partition coefficient (Wildman–Crippen LogP) is 2.77. The van der Waals surface area contributed by atoms with Crippen LogP contribution in [0.15, 0.2) is 42.7 Å². The molecule has 0 bridgehead atoms. The Balaban J connectivity index is 1.23. The highest BCUT2D eigenvalue weighted by atomic mass is 16.2. The van der Waals surface area contributed by atoms with Gasteiger partial charge in [-0.15, -0.1) is 0 Å². The molecule has 2 saturated heterocycles. The summed E-state index contributed by atoms with van der Waals surface area (Å²) in [7, 11) is 0. The quantitative estimate of drug-likeness (QED) is 0.743. The average molecular weight is 422 g/mol. The number of aromatic nitrogens is 2. The van der Waals surface area contributed by atoms with Gasteiger partial charge in [-0.3, -0.25) is 14.6 Å². The van der Waals surface area contributed by atoms with E-state index in [0.29, 0.717) is 17.9 Å². The van der Waals surface area contributed by atoms with Crippen LogP contribution in [0.25, 0.3) is 0 Å². The minimum atomic E-state index is 0.0502. The van der Waals surface area contributed by atoms with E-state index in [0.717, 1.165) is 70.0 Å². The summed E-state index contributed by atoms with van der Waals surface area (Å²) < 4.78 is 0. The van der Waals surface area contributed by atoms with Crippen molar-refractivity contribution < 1.29 is 9.59 Å². The molecule has 2 aromatic rings. The van der Waals surface area contributed by atoms with Crippen LogP contribution < -0.4 is 4.90 Å². The van der Waals surface area contributed by atoms with Crippen molar-refractivity contribution in [2.24, 2.45) is 5.92 Å². The second kappa shape index (κ2) is 9.90. The monoisotopic (exact) mass is 421 g/mol. The third-order valence-corrected chi connectivity index (χ3v) is 6.34. The highest BCUT2D eigenvalue weighted by Gasteiger charge is 2.27. The van der Waals surface area contributed by atoms with E-state index in [4.69, 9.17) is 0 Å². The number of aryl methyl sites for hydroxylation is 1. The summed E-state index contributed by atoms with van der Waals surface area (Å²) >= 11 is 0. The molecule has 7 heteroatoms. The summed E-state index contributed by atoms with van der Waals surface area (Å²) in [5.74, 6) is 1.64. The summed E-state index contributed by atoms with van der Waals surface area (Å²) in [6.45, 7) is 6.55. The van der Waals surface area contributed by atoms with Crippen LogP contribution in [0.3, 0.4) is 0 Å². The van der Waals surface area contributed by atoms with Gasteiger partial charge < -0.3 is 14.7 Å². The summed E-state index contributed by atoms with van der Waals surface area (Å²) in [6, 6.07) is 9.65. The fourth-order valence-corrected chi connectivity index (χ4v) is 4.47. The van der Waals surface area contributed by atoms with Crippen molar-refractivity contribution in [1.82, 2.24) is 19.8 Å². The molecule has 31 heavy (non-hydrogen) atoms. The van der Waals surface area contributed by atoms with E-state index < -0.39 is 0 Å². The van der Waals surface area contributed by atoms with Crippen molar-refractivity contribution in [2.75, 3.05) is 44.2 Å². The van der Waals surface area contributed by atoms with Gasteiger partial charge >= 0.3 is 0 Å². The molecule has 164 valence electrons. The topological polar surface area (TPSA) is 69.6 Å². The van der Waals surface area contributed by atoms with Crippen LogP contribution >= 0.6 is 0 Å². The number of carbonyl (C=O) groups is 2. The molecular formula is C24H31N5O2. The lowest BCUT2D eigenvalue weighted by Gasteiger charge is -2.36. The molecule has 1 atom stereocenters. The SMILES string of the molecule is Cc1ccc(C(=O)N2CCC[C@H](CCC(=O)N3CCN(c4ccccn4)CC3)C2)cn1. The number of hydrogen-bond acceptors (Lipinski definition) is 5. The number of pyridine rings is 2. The van der Waals surface area contributed by atoms with Gasteiger partial charge in [-0.05, 0) is 56.4 Å². The van der Waals surface area contributed by atoms with Gasteiger partial charge in [-0.1, -0.05) is 6.07 Å². The number of anilines is 1. The number of piperazine rings is 1. The minimum Gasteiger partial charge on any atom is -0.353 e. The van der Waals surface area contributed by atoms with Gasteiger partial charge in [-0.25, -0.2) is 4.98 Å². The Morgan fingerprint density at radius 1 is 1.00 bits per heavy atom. The molecule has 2 aliphatic rings. The fourth-order valence-electron chi connectivity index (χ4n) is 4.47. The normalized spacial score (nSPS) is 19.4. The van der Waals surface area contributed by atoms with Crippen molar-refractivity contribution in [1.29, 1.82) is 0 Å². The van der Waals surface area contributed by atoms with Gasteiger partial charge in [0.1, 0.15) is 5.82 Å². The summed E-state index contributed by atoms with van der Waals surface area (Å²) in [4.78, 5) is 40.3. The van der Waals surface area contributed by atoms with E-state index >= 15 is 0 Å². The van der Waals surface area contributed by atoms with Crippen LogP contribution in [-0.4, -0.2) is 70.9 Å². The van der Waals surface area contributed by atoms with E-state index in [1.807, 2.05) is 47.1 Å². The predicted molar refractivity (Wildman–Crippen MR) is 120 cm³/mol. The highest BCUT2D eigenvalue weighted by molar-refractivity contribution is 5.94. The molecule has 0 radical (unpaired) electrons. The lowest BCUT2D eigenvalue weighted by Crippen LogP contribution is -2.49. The third kappa shape index (κ3) is 5.40. The molecule has 2 aliphatic heterocycles. The molecule has 7 nitrogen and oxygen atoms in total. The Kier molecular flexibility index (Phi) is 6.79. The molecule has 2 fully saturated rings. The van der Waals surface area contributed by atoms with Gasteiger partial charge in [0.15, 0.2) is 0 Å². The second-order valence-corrected chi connectivity index (χ2v) is 8.54. The maximum absolute atomic E-state index is 12.8.